The van der Waals surface area contributed by atoms with Gasteiger partial charge in [-0.15, -0.1) is 0 Å². The summed E-state index contributed by atoms with van der Waals surface area (Å²) < 4.78 is 5.16. The van der Waals surface area contributed by atoms with E-state index in [0.717, 1.165) is 32.6 Å². The standard InChI is InChI=1S/C16H33N3O2/c1-14(19-10-8-18(4)9-11-19)6-7-15(20)17-12-16(2,3)13-21-5/h14H,6-13H2,1-5H3,(H,17,20)/t14-/m1/s1. The molecule has 0 spiro atoms. The molecule has 1 heterocycles. The summed E-state index contributed by atoms with van der Waals surface area (Å²) in [6.45, 7) is 12.2. The van der Waals surface area contributed by atoms with Crippen molar-refractivity contribution in [2.24, 2.45) is 5.41 Å². The monoisotopic (exact) mass is 299 g/mol. The first-order valence-corrected chi connectivity index (χ1v) is 8.02. The molecule has 0 aromatic heterocycles. The molecule has 1 N–H and O–H groups in total. The Morgan fingerprint density at radius 3 is 2.48 bits per heavy atom. The molecule has 0 aliphatic carbocycles. The maximum absolute atomic E-state index is 12.0. The van der Waals surface area contributed by atoms with Gasteiger partial charge in [-0.1, -0.05) is 13.8 Å². The van der Waals surface area contributed by atoms with Crippen molar-refractivity contribution in [3.8, 4) is 0 Å². The molecule has 0 bridgehead atoms. The Kier molecular flexibility index (Phi) is 7.63. The third-order valence-electron chi connectivity index (χ3n) is 4.25. The van der Waals surface area contributed by atoms with Crippen molar-refractivity contribution >= 4 is 5.91 Å². The third-order valence-corrected chi connectivity index (χ3v) is 4.25. The number of hydrogen-bond acceptors (Lipinski definition) is 4. The quantitative estimate of drug-likeness (QED) is 0.731. The molecule has 0 aromatic rings. The van der Waals surface area contributed by atoms with Crippen LogP contribution in [0.15, 0.2) is 0 Å². The van der Waals surface area contributed by atoms with Crippen molar-refractivity contribution < 1.29 is 9.53 Å². The van der Waals surface area contributed by atoms with Gasteiger partial charge in [0.25, 0.3) is 0 Å². The molecule has 124 valence electrons. The van der Waals surface area contributed by atoms with Crippen molar-refractivity contribution in [2.75, 3.05) is 53.5 Å². The summed E-state index contributed by atoms with van der Waals surface area (Å²) in [5, 5.41) is 3.03. The highest BCUT2D eigenvalue weighted by Crippen LogP contribution is 2.14. The van der Waals surface area contributed by atoms with E-state index in [1.807, 2.05) is 0 Å². The Balaban J connectivity index is 2.20. The van der Waals surface area contributed by atoms with Crippen LogP contribution in [0.25, 0.3) is 0 Å². The molecule has 0 saturated carbocycles. The number of amides is 1. The van der Waals surface area contributed by atoms with Crippen molar-refractivity contribution in [3.63, 3.8) is 0 Å². The molecular weight excluding hydrogens is 266 g/mol. The zero-order valence-corrected chi connectivity index (χ0v) is 14.4. The first kappa shape index (κ1) is 18.4. The van der Waals surface area contributed by atoms with Crippen LogP contribution in [0.1, 0.15) is 33.6 Å². The van der Waals surface area contributed by atoms with E-state index in [-0.39, 0.29) is 11.3 Å². The highest BCUT2D eigenvalue weighted by Gasteiger charge is 2.21. The van der Waals surface area contributed by atoms with Crippen LogP contribution in [0.5, 0.6) is 0 Å². The second-order valence-corrected chi connectivity index (χ2v) is 7.10. The lowest BCUT2D eigenvalue weighted by atomic mass is 9.95. The normalized spacial score (nSPS) is 19.5. The van der Waals surface area contributed by atoms with Gasteiger partial charge >= 0.3 is 0 Å². The largest absolute Gasteiger partial charge is 0.384 e. The summed E-state index contributed by atoms with van der Waals surface area (Å²) in [7, 11) is 3.86. The molecule has 1 atom stereocenters. The van der Waals surface area contributed by atoms with Crippen LogP contribution >= 0.6 is 0 Å². The Labute approximate surface area is 130 Å². The van der Waals surface area contributed by atoms with Crippen molar-refractivity contribution in [1.29, 1.82) is 0 Å². The maximum atomic E-state index is 12.0. The van der Waals surface area contributed by atoms with Crippen molar-refractivity contribution in [2.45, 2.75) is 39.7 Å². The molecule has 5 nitrogen and oxygen atoms in total. The summed E-state index contributed by atoms with van der Waals surface area (Å²) in [6.07, 6.45) is 1.54. The van der Waals surface area contributed by atoms with Crippen LogP contribution in [0.2, 0.25) is 0 Å². The van der Waals surface area contributed by atoms with Gasteiger partial charge in [0.15, 0.2) is 0 Å². The number of carbonyl (C=O) groups excluding carboxylic acids is 1. The summed E-state index contributed by atoms with van der Waals surface area (Å²) in [5.74, 6) is 0.153. The smallest absolute Gasteiger partial charge is 0.220 e. The average molecular weight is 299 g/mol. The molecule has 0 unspecified atom stereocenters. The Morgan fingerprint density at radius 1 is 1.29 bits per heavy atom. The highest BCUT2D eigenvalue weighted by molar-refractivity contribution is 5.75. The van der Waals surface area contributed by atoms with E-state index in [4.69, 9.17) is 4.74 Å². The van der Waals surface area contributed by atoms with Crippen molar-refractivity contribution in [3.05, 3.63) is 0 Å². The number of ether oxygens (including phenoxy) is 1. The fourth-order valence-electron chi connectivity index (χ4n) is 2.65. The van der Waals surface area contributed by atoms with Crippen molar-refractivity contribution in [1.82, 2.24) is 15.1 Å². The van der Waals surface area contributed by atoms with E-state index in [9.17, 15) is 4.79 Å². The fourth-order valence-corrected chi connectivity index (χ4v) is 2.65. The first-order valence-electron chi connectivity index (χ1n) is 8.02. The van der Waals surface area contributed by atoms with Crippen LogP contribution in [-0.2, 0) is 9.53 Å². The molecule has 0 radical (unpaired) electrons. The van der Waals surface area contributed by atoms with Gasteiger partial charge < -0.3 is 15.0 Å². The van der Waals surface area contributed by atoms with Crippen LogP contribution in [0.4, 0.5) is 0 Å². The first-order chi connectivity index (χ1) is 9.84. The van der Waals surface area contributed by atoms with Gasteiger partial charge in [-0.3, -0.25) is 9.69 Å². The maximum Gasteiger partial charge on any atom is 0.220 e. The van der Waals surface area contributed by atoms with Crippen LogP contribution in [0, 0.1) is 5.41 Å². The highest BCUT2D eigenvalue weighted by atomic mass is 16.5. The predicted octanol–water partition coefficient (Wildman–Crippen LogP) is 1.19. The van der Waals surface area contributed by atoms with Crippen LogP contribution in [0.3, 0.4) is 0 Å². The summed E-state index contributed by atoms with van der Waals surface area (Å²) in [4.78, 5) is 16.8. The van der Waals surface area contributed by atoms with Gasteiger partial charge in [-0.05, 0) is 20.4 Å². The zero-order chi connectivity index (χ0) is 15.9. The van der Waals surface area contributed by atoms with Gasteiger partial charge in [-0.2, -0.15) is 0 Å². The van der Waals surface area contributed by atoms with E-state index < -0.39 is 0 Å². The zero-order valence-electron chi connectivity index (χ0n) is 14.4. The minimum atomic E-state index is -0.00647. The van der Waals surface area contributed by atoms with E-state index in [0.29, 0.717) is 25.6 Å². The summed E-state index contributed by atoms with van der Waals surface area (Å²) in [5.41, 5.74) is -0.00647. The second-order valence-electron chi connectivity index (χ2n) is 7.10. The van der Waals surface area contributed by atoms with Gasteiger partial charge in [0, 0.05) is 57.7 Å². The molecule has 0 aromatic carbocycles. The Bertz CT molecular complexity index is 313. The van der Waals surface area contributed by atoms with Gasteiger partial charge in [0.05, 0.1) is 6.61 Å². The number of nitrogens with zero attached hydrogens (tertiary/aromatic N) is 2. The predicted molar refractivity (Wildman–Crippen MR) is 86.4 cm³/mol. The van der Waals surface area contributed by atoms with Crippen LogP contribution in [-0.4, -0.2) is 75.2 Å². The van der Waals surface area contributed by atoms with Gasteiger partial charge in [0.2, 0.25) is 5.91 Å². The average Bonchev–Trinajstić information content (AvgIpc) is 2.43. The summed E-state index contributed by atoms with van der Waals surface area (Å²) >= 11 is 0. The minimum absolute atomic E-state index is 0.00647. The minimum Gasteiger partial charge on any atom is -0.384 e. The lowest BCUT2D eigenvalue weighted by molar-refractivity contribution is -0.122. The van der Waals surface area contributed by atoms with E-state index >= 15 is 0 Å². The molecule has 1 rings (SSSR count). The number of carbonyl (C=O) groups is 1. The molecule has 1 saturated heterocycles. The lowest BCUT2D eigenvalue weighted by Gasteiger charge is -2.36. The SMILES string of the molecule is COCC(C)(C)CNC(=O)CC[C@@H](C)N1CCN(C)CC1. The number of piperazine rings is 1. The lowest BCUT2D eigenvalue weighted by Crippen LogP contribution is -2.48. The molecular formula is C16H33N3O2. The Morgan fingerprint density at radius 2 is 1.90 bits per heavy atom. The fraction of sp³-hybridized carbons (Fsp3) is 0.938. The molecule has 1 aliphatic heterocycles. The number of methoxy groups -OCH3 is 1. The van der Waals surface area contributed by atoms with E-state index in [1.54, 1.807) is 7.11 Å². The van der Waals surface area contributed by atoms with E-state index in [1.165, 1.54) is 0 Å². The molecule has 1 amide bonds. The van der Waals surface area contributed by atoms with Crippen LogP contribution < -0.4 is 5.32 Å². The van der Waals surface area contributed by atoms with E-state index in [2.05, 4.69) is 42.9 Å². The number of hydrogen-bond donors (Lipinski definition) is 1. The number of nitrogens with one attached hydrogen (secondary N) is 1. The topological polar surface area (TPSA) is 44.8 Å². The van der Waals surface area contributed by atoms with Gasteiger partial charge in [0.1, 0.15) is 0 Å². The molecule has 5 heteroatoms. The number of likely N-dealkylation sites (N-methyl/N-ethyl adjacent to an activating group) is 1. The van der Waals surface area contributed by atoms with Gasteiger partial charge in [-0.25, -0.2) is 0 Å². The second kappa shape index (κ2) is 8.71. The third kappa shape index (κ3) is 7.25. The molecule has 21 heavy (non-hydrogen) atoms. The summed E-state index contributed by atoms with van der Waals surface area (Å²) in [6, 6.07) is 0.483. The number of rotatable bonds is 8. The molecule has 1 aliphatic rings. The Hall–Kier alpha value is -0.650. The molecule has 1 fully saturated rings.